The average Bonchev–Trinajstić information content (AvgIpc) is 3.12. The molecule has 0 saturated carbocycles. The highest BCUT2D eigenvalue weighted by Gasteiger charge is 2.28. The largest absolute Gasteiger partial charge is 0.491 e. The molecule has 0 fully saturated rings. The van der Waals surface area contributed by atoms with E-state index in [1.54, 1.807) is 30.0 Å². The molecule has 1 unspecified atom stereocenters. The van der Waals surface area contributed by atoms with Gasteiger partial charge < -0.3 is 14.8 Å². The van der Waals surface area contributed by atoms with E-state index in [1.807, 2.05) is 36.4 Å². The first kappa shape index (κ1) is 19.7. The number of nitrogens with zero attached hydrogens (tertiary/aromatic N) is 1. The molecule has 0 amide bonds. The van der Waals surface area contributed by atoms with Crippen molar-refractivity contribution < 1.29 is 19.7 Å². The second kappa shape index (κ2) is 8.38. The van der Waals surface area contributed by atoms with Gasteiger partial charge in [-0.3, -0.25) is 10.1 Å². The van der Waals surface area contributed by atoms with Crippen molar-refractivity contribution in [1.29, 1.82) is 0 Å². The van der Waals surface area contributed by atoms with Crippen molar-refractivity contribution in [3.05, 3.63) is 99.1 Å². The van der Waals surface area contributed by atoms with Crippen LogP contribution in [0.15, 0.2) is 71.6 Å². The molecule has 0 radical (unpaired) electrons. The standard InChI is InChI=1S/C21H18BNO5S/c24-21(16-3-4-17-12-28-22(25)20(17)11-16)15-5-9-19(10-6-15)29-13-14-1-7-18(8-2-14)23(26)27/h1-11,21,24-25H,12-13H2. The summed E-state index contributed by atoms with van der Waals surface area (Å²) in [7, 11) is -0.935. The first-order valence-corrected chi connectivity index (χ1v) is 10.1. The fourth-order valence-electron chi connectivity index (χ4n) is 3.22. The average molecular weight is 407 g/mol. The molecular weight excluding hydrogens is 389 g/mol. The monoisotopic (exact) mass is 407 g/mol. The van der Waals surface area contributed by atoms with Crippen molar-refractivity contribution in [3.8, 4) is 0 Å². The highest BCUT2D eigenvalue weighted by atomic mass is 32.2. The van der Waals surface area contributed by atoms with E-state index in [-0.39, 0.29) is 5.69 Å². The molecule has 4 rings (SSSR count). The number of rotatable bonds is 6. The van der Waals surface area contributed by atoms with E-state index in [0.717, 1.165) is 21.6 Å². The Bertz CT molecular complexity index is 1030. The minimum absolute atomic E-state index is 0.0859. The SMILES string of the molecule is O=[N+]([O-])c1ccc(CSc2ccc(C(O)c3ccc4c(c3)B(O)OC4)cc2)cc1. The number of aliphatic hydroxyl groups excluding tert-OH is 1. The van der Waals surface area contributed by atoms with Gasteiger partial charge in [0.05, 0.1) is 11.5 Å². The number of nitro groups is 1. The number of fused-ring (bicyclic) bond motifs is 1. The minimum atomic E-state index is -0.935. The van der Waals surface area contributed by atoms with Crippen LogP contribution in [0.4, 0.5) is 5.69 Å². The maximum Gasteiger partial charge on any atom is 0.491 e. The van der Waals surface area contributed by atoms with E-state index in [9.17, 15) is 20.2 Å². The third kappa shape index (κ3) is 4.35. The molecule has 3 aromatic carbocycles. The summed E-state index contributed by atoms with van der Waals surface area (Å²) in [4.78, 5) is 11.3. The smallest absolute Gasteiger partial charge is 0.423 e. The van der Waals surface area contributed by atoms with E-state index in [4.69, 9.17) is 4.65 Å². The van der Waals surface area contributed by atoms with Crippen LogP contribution in [0.1, 0.15) is 28.4 Å². The molecule has 1 aliphatic rings. The number of hydrogen-bond acceptors (Lipinski definition) is 6. The lowest BCUT2D eigenvalue weighted by molar-refractivity contribution is -0.384. The van der Waals surface area contributed by atoms with Gasteiger partial charge in [-0.2, -0.15) is 0 Å². The molecule has 0 bridgehead atoms. The molecule has 29 heavy (non-hydrogen) atoms. The molecule has 3 aromatic rings. The first-order chi connectivity index (χ1) is 14.0. The van der Waals surface area contributed by atoms with Crippen LogP contribution in [-0.2, 0) is 17.0 Å². The van der Waals surface area contributed by atoms with Crippen LogP contribution in [-0.4, -0.2) is 22.2 Å². The van der Waals surface area contributed by atoms with Crippen LogP contribution in [0.2, 0.25) is 0 Å². The van der Waals surface area contributed by atoms with Crippen LogP contribution in [0, 0.1) is 10.1 Å². The molecule has 1 atom stereocenters. The van der Waals surface area contributed by atoms with Gasteiger partial charge in [0.1, 0.15) is 6.10 Å². The van der Waals surface area contributed by atoms with E-state index >= 15 is 0 Å². The lowest BCUT2D eigenvalue weighted by atomic mass is 9.78. The quantitative estimate of drug-likeness (QED) is 0.282. The highest BCUT2D eigenvalue weighted by molar-refractivity contribution is 7.98. The highest BCUT2D eigenvalue weighted by Crippen LogP contribution is 2.28. The lowest BCUT2D eigenvalue weighted by Gasteiger charge is -2.13. The molecular formula is C21H18BNO5S. The Kier molecular flexibility index (Phi) is 5.68. The van der Waals surface area contributed by atoms with E-state index in [2.05, 4.69) is 0 Å². The summed E-state index contributed by atoms with van der Waals surface area (Å²) in [6.07, 6.45) is -0.790. The Hall–Kier alpha value is -2.65. The van der Waals surface area contributed by atoms with Crippen molar-refractivity contribution in [2.24, 2.45) is 0 Å². The van der Waals surface area contributed by atoms with Crippen LogP contribution < -0.4 is 5.46 Å². The Labute approximate surface area is 172 Å². The van der Waals surface area contributed by atoms with Gasteiger partial charge in [0.15, 0.2) is 0 Å². The summed E-state index contributed by atoms with van der Waals surface area (Å²) in [5, 5.41) is 31.3. The van der Waals surface area contributed by atoms with Crippen LogP contribution in [0.5, 0.6) is 0 Å². The molecule has 0 aromatic heterocycles. The molecule has 1 heterocycles. The number of nitro benzene ring substituents is 1. The zero-order chi connectivity index (χ0) is 20.4. The van der Waals surface area contributed by atoms with Gasteiger partial charge in [0.25, 0.3) is 5.69 Å². The number of thioether (sulfide) groups is 1. The summed E-state index contributed by atoms with van der Waals surface area (Å²) in [6.45, 7) is 0.382. The topological polar surface area (TPSA) is 92.8 Å². The zero-order valence-corrected chi connectivity index (χ0v) is 16.2. The molecule has 2 N–H and O–H groups in total. The number of aliphatic hydroxyl groups is 1. The minimum Gasteiger partial charge on any atom is -0.423 e. The van der Waals surface area contributed by atoms with Gasteiger partial charge in [-0.05, 0) is 39.8 Å². The Balaban J connectivity index is 1.41. The lowest BCUT2D eigenvalue weighted by Crippen LogP contribution is -2.28. The fourth-order valence-corrected chi connectivity index (χ4v) is 4.08. The molecule has 0 spiro atoms. The molecule has 0 saturated heterocycles. The summed E-state index contributed by atoms with van der Waals surface area (Å²) in [6, 6.07) is 19.7. The molecule has 8 heteroatoms. The Morgan fingerprint density at radius 3 is 2.45 bits per heavy atom. The van der Waals surface area contributed by atoms with Gasteiger partial charge in [0.2, 0.25) is 0 Å². The van der Waals surface area contributed by atoms with Gasteiger partial charge >= 0.3 is 7.12 Å². The predicted octanol–water partition coefficient (Wildman–Crippen LogP) is 3.19. The van der Waals surface area contributed by atoms with Gasteiger partial charge in [0, 0.05) is 22.8 Å². The van der Waals surface area contributed by atoms with Crippen LogP contribution in [0.25, 0.3) is 0 Å². The van der Waals surface area contributed by atoms with Crippen LogP contribution in [0.3, 0.4) is 0 Å². The van der Waals surface area contributed by atoms with Crippen molar-refractivity contribution in [3.63, 3.8) is 0 Å². The zero-order valence-electron chi connectivity index (χ0n) is 15.4. The second-order valence-corrected chi connectivity index (χ2v) is 7.85. The fraction of sp³-hybridized carbons (Fsp3) is 0.143. The van der Waals surface area contributed by atoms with Gasteiger partial charge in [-0.15, -0.1) is 11.8 Å². The maximum atomic E-state index is 10.7. The van der Waals surface area contributed by atoms with Crippen molar-refractivity contribution in [2.45, 2.75) is 23.4 Å². The Morgan fingerprint density at radius 1 is 1.07 bits per heavy atom. The third-order valence-electron chi connectivity index (χ3n) is 4.90. The van der Waals surface area contributed by atoms with Gasteiger partial charge in [-0.25, -0.2) is 0 Å². The maximum absolute atomic E-state index is 10.7. The summed E-state index contributed by atoms with van der Waals surface area (Å²) in [5.41, 5.74) is 4.20. The summed E-state index contributed by atoms with van der Waals surface area (Å²) in [5.74, 6) is 0.697. The van der Waals surface area contributed by atoms with E-state index in [0.29, 0.717) is 23.4 Å². The molecule has 1 aliphatic heterocycles. The normalized spacial score (nSPS) is 13.9. The summed E-state index contributed by atoms with van der Waals surface area (Å²) >= 11 is 1.62. The summed E-state index contributed by atoms with van der Waals surface area (Å²) < 4.78 is 5.20. The predicted molar refractivity (Wildman–Crippen MR) is 112 cm³/mol. The molecule has 6 nitrogen and oxygen atoms in total. The van der Waals surface area contributed by atoms with Crippen LogP contribution >= 0.6 is 11.8 Å². The van der Waals surface area contributed by atoms with Gasteiger partial charge in [-0.1, -0.05) is 42.5 Å². The van der Waals surface area contributed by atoms with Crippen molar-refractivity contribution in [2.75, 3.05) is 0 Å². The third-order valence-corrected chi connectivity index (χ3v) is 5.98. The number of non-ortho nitro benzene ring substituents is 1. The second-order valence-electron chi connectivity index (χ2n) is 6.81. The molecule has 146 valence electrons. The number of hydrogen-bond donors (Lipinski definition) is 2. The number of benzene rings is 3. The van der Waals surface area contributed by atoms with E-state index < -0.39 is 18.1 Å². The molecule has 0 aliphatic carbocycles. The first-order valence-electron chi connectivity index (χ1n) is 9.08. The van der Waals surface area contributed by atoms with Crippen molar-refractivity contribution in [1.82, 2.24) is 0 Å². The Morgan fingerprint density at radius 2 is 1.76 bits per heavy atom. The van der Waals surface area contributed by atoms with Crippen molar-refractivity contribution >= 4 is 30.0 Å². The van der Waals surface area contributed by atoms with E-state index in [1.165, 1.54) is 12.1 Å².